The molecule has 0 fully saturated rings. The number of rotatable bonds is 8. The molecule has 0 aliphatic rings. The number of aryl methyl sites for hydroxylation is 2. The molecule has 0 radical (unpaired) electrons. The highest BCUT2D eigenvalue weighted by atomic mass is 35.5. The summed E-state index contributed by atoms with van der Waals surface area (Å²) >= 11 is 5.93. The molecule has 1 amide bonds. The van der Waals surface area contributed by atoms with Crippen molar-refractivity contribution in [3.8, 4) is 5.75 Å². The van der Waals surface area contributed by atoms with E-state index < -0.39 is 22.5 Å². The molecule has 1 N–H and O–H groups in total. The second-order valence-corrected chi connectivity index (χ2v) is 9.59. The SMILES string of the molecule is CCOc1ccccc1N(CC(=O)Nc1cc(C)cc(C)c1)S(=O)(=O)c1ccc(Cl)cc1. The lowest BCUT2D eigenvalue weighted by atomic mass is 10.1. The van der Waals surface area contributed by atoms with Crippen molar-refractivity contribution >= 4 is 38.9 Å². The predicted molar refractivity (Wildman–Crippen MR) is 128 cm³/mol. The van der Waals surface area contributed by atoms with E-state index in [1.54, 1.807) is 24.3 Å². The van der Waals surface area contributed by atoms with Crippen LogP contribution in [0.25, 0.3) is 0 Å². The highest BCUT2D eigenvalue weighted by Crippen LogP contribution is 2.33. The molecule has 0 saturated carbocycles. The number of hydrogen-bond donors (Lipinski definition) is 1. The summed E-state index contributed by atoms with van der Waals surface area (Å²) in [6.07, 6.45) is 0. The van der Waals surface area contributed by atoms with Gasteiger partial charge in [-0.1, -0.05) is 29.8 Å². The van der Waals surface area contributed by atoms with Gasteiger partial charge in [-0.25, -0.2) is 8.42 Å². The summed E-state index contributed by atoms with van der Waals surface area (Å²) in [5.41, 5.74) is 2.87. The van der Waals surface area contributed by atoms with E-state index >= 15 is 0 Å². The standard InChI is InChI=1S/C24H25ClN2O4S/c1-4-31-23-8-6-5-7-22(23)27(32(29,30)21-11-9-19(25)10-12-21)16-24(28)26-20-14-17(2)13-18(3)15-20/h5-15H,4,16H2,1-3H3,(H,26,28). The van der Waals surface area contributed by atoms with Crippen LogP contribution < -0.4 is 14.4 Å². The second-order valence-electron chi connectivity index (χ2n) is 7.29. The van der Waals surface area contributed by atoms with Gasteiger partial charge in [0.25, 0.3) is 10.0 Å². The van der Waals surface area contributed by atoms with E-state index in [9.17, 15) is 13.2 Å². The van der Waals surface area contributed by atoms with Crippen LogP contribution in [0.2, 0.25) is 5.02 Å². The summed E-state index contributed by atoms with van der Waals surface area (Å²) in [6, 6.07) is 18.2. The van der Waals surface area contributed by atoms with Crippen LogP contribution in [0.5, 0.6) is 5.75 Å². The van der Waals surface area contributed by atoms with Crippen molar-refractivity contribution in [1.82, 2.24) is 0 Å². The minimum absolute atomic E-state index is 0.0207. The van der Waals surface area contributed by atoms with Crippen LogP contribution in [-0.2, 0) is 14.8 Å². The number of anilines is 2. The van der Waals surface area contributed by atoms with E-state index in [0.717, 1.165) is 15.4 Å². The topological polar surface area (TPSA) is 75.7 Å². The van der Waals surface area contributed by atoms with Gasteiger partial charge in [0, 0.05) is 10.7 Å². The van der Waals surface area contributed by atoms with Crippen LogP contribution in [0, 0.1) is 13.8 Å². The number of benzene rings is 3. The van der Waals surface area contributed by atoms with Gasteiger partial charge in [0.2, 0.25) is 5.91 Å². The Bertz CT molecular complexity index is 1190. The molecule has 0 heterocycles. The molecule has 0 aromatic heterocycles. The molecule has 0 aliphatic heterocycles. The molecule has 0 unspecified atom stereocenters. The number of halogens is 1. The van der Waals surface area contributed by atoms with Crippen LogP contribution >= 0.6 is 11.6 Å². The Morgan fingerprint density at radius 3 is 2.25 bits per heavy atom. The van der Waals surface area contributed by atoms with Crippen LogP contribution in [0.3, 0.4) is 0 Å². The van der Waals surface area contributed by atoms with Gasteiger partial charge in [0.1, 0.15) is 12.3 Å². The number of nitrogens with zero attached hydrogens (tertiary/aromatic N) is 1. The lowest BCUT2D eigenvalue weighted by Crippen LogP contribution is -2.38. The lowest BCUT2D eigenvalue weighted by Gasteiger charge is -2.26. The Kier molecular flexibility index (Phi) is 7.43. The summed E-state index contributed by atoms with van der Waals surface area (Å²) in [6.45, 7) is 5.58. The minimum atomic E-state index is -4.08. The maximum Gasteiger partial charge on any atom is 0.264 e. The number of carbonyl (C=O) groups excluding carboxylic acids is 1. The first-order valence-corrected chi connectivity index (χ1v) is 11.9. The van der Waals surface area contributed by atoms with Gasteiger partial charge in [-0.15, -0.1) is 0 Å². The van der Waals surface area contributed by atoms with E-state index in [-0.39, 0.29) is 10.6 Å². The number of hydrogen-bond acceptors (Lipinski definition) is 4. The van der Waals surface area contributed by atoms with Gasteiger partial charge in [-0.2, -0.15) is 0 Å². The third-order valence-electron chi connectivity index (χ3n) is 4.63. The summed E-state index contributed by atoms with van der Waals surface area (Å²) in [7, 11) is -4.08. The van der Waals surface area contributed by atoms with Gasteiger partial charge in [-0.3, -0.25) is 9.10 Å². The molecule has 0 saturated heterocycles. The number of amides is 1. The molecule has 0 spiro atoms. The number of sulfonamides is 1. The minimum Gasteiger partial charge on any atom is -0.492 e. The van der Waals surface area contributed by atoms with E-state index in [4.69, 9.17) is 16.3 Å². The Morgan fingerprint density at radius 1 is 1.00 bits per heavy atom. The zero-order chi connectivity index (χ0) is 23.3. The molecule has 6 nitrogen and oxygen atoms in total. The highest BCUT2D eigenvalue weighted by molar-refractivity contribution is 7.92. The molecule has 8 heteroatoms. The maximum atomic E-state index is 13.5. The zero-order valence-corrected chi connectivity index (χ0v) is 19.7. The third kappa shape index (κ3) is 5.60. The van der Waals surface area contributed by atoms with Gasteiger partial charge in [0.15, 0.2) is 0 Å². The number of nitrogens with one attached hydrogen (secondary N) is 1. The van der Waals surface area contributed by atoms with Crippen molar-refractivity contribution in [3.05, 3.63) is 82.9 Å². The first-order valence-electron chi connectivity index (χ1n) is 10.1. The molecular formula is C24H25ClN2O4S. The fourth-order valence-corrected chi connectivity index (χ4v) is 4.91. The van der Waals surface area contributed by atoms with Crippen molar-refractivity contribution < 1.29 is 17.9 Å². The monoisotopic (exact) mass is 472 g/mol. The lowest BCUT2D eigenvalue weighted by molar-refractivity contribution is -0.114. The van der Waals surface area contributed by atoms with Crippen LogP contribution in [0.15, 0.2) is 71.6 Å². The molecular weight excluding hydrogens is 448 g/mol. The van der Waals surface area contributed by atoms with Crippen molar-refractivity contribution in [1.29, 1.82) is 0 Å². The molecule has 32 heavy (non-hydrogen) atoms. The van der Waals surface area contributed by atoms with E-state index in [1.165, 1.54) is 24.3 Å². The van der Waals surface area contributed by atoms with E-state index in [0.29, 0.717) is 23.1 Å². The molecule has 3 aromatic rings. The molecule has 3 aromatic carbocycles. The predicted octanol–water partition coefficient (Wildman–Crippen LogP) is 5.19. The third-order valence-corrected chi connectivity index (χ3v) is 6.65. The molecule has 3 rings (SSSR count). The molecule has 168 valence electrons. The average Bonchev–Trinajstić information content (AvgIpc) is 2.72. The van der Waals surface area contributed by atoms with Crippen molar-refractivity contribution in [2.24, 2.45) is 0 Å². The van der Waals surface area contributed by atoms with Crippen LogP contribution in [0.4, 0.5) is 11.4 Å². The van der Waals surface area contributed by atoms with Crippen molar-refractivity contribution in [3.63, 3.8) is 0 Å². The van der Waals surface area contributed by atoms with Crippen LogP contribution in [-0.4, -0.2) is 27.5 Å². The Labute approximate surface area is 193 Å². The summed E-state index contributed by atoms with van der Waals surface area (Å²) in [4.78, 5) is 13.0. The average molecular weight is 473 g/mol. The maximum absolute atomic E-state index is 13.5. The zero-order valence-electron chi connectivity index (χ0n) is 18.1. The molecule has 0 bridgehead atoms. The quantitative estimate of drug-likeness (QED) is 0.489. The van der Waals surface area contributed by atoms with Crippen LogP contribution in [0.1, 0.15) is 18.1 Å². The van der Waals surface area contributed by atoms with Gasteiger partial charge >= 0.3 is 0 Å². The van der Waals surface area contributed by atoms with Crippen molar-refractivity contribution in [2.75, 3.05) is 22.8 Å². The van der Waals surface area contributed by atoms with Gasteiger partial charge in [-0.05, 0) is 80.4 Å². The largest absolute Gasteiger partial charge is 0.492 e. The fourth-order valence-electron chi connectivity index (χ4n) is 3.35. The van der Waals surface area contributed by atoms with E-state index in [2.05, 4.69) is 5.32 Å². The Morgan fingerprint density at radius 2 is 1.62 bits per heavy atom. The number of ether oxygens (including phenoxy) is 1. The van der Waals surface area contributed by atoms with Gasteiger partial charge in [0.05, 0.1) is 17.2 Å². The smallest absolute Gasteiger partial charge is 0.264 e. The van der Waals surface area contributed by atoms with E-state index in [1.807, 2.05) is 39.0 Å². The second kappa shape index (κ2) is 10.1. The van der Waals surface area contributed by atoms with Crippen molar-refractivity contribution in [2.45, 2.75) is 25.7 Å². The Balaban J connectivity index is 2.00. The fraction of sp³-hybridized carbons (Fsp3) is 0.208. The first-order chi connectivity index (χ1) is 15.2. The Hall–Kier alpha value is -3.03. The summed E-state index contributed by atoms with van der Waals surface area (Å²) in [5.74, 6) is -0.106. The number of carbonyl (C=O) groups is 1. The molecule has 0 atom stereocenters. The number of para-hydroxylation sites is 2. The highest BCUT2D eigenvalue weighted by Gasteiger charge is 2.29. The molecule has 0 aliphatic carbocycles. The summed E-state index contributed by atoms with van der Waals surface area (Å²) < 4.78 is 33.8. The van der Waals surface area contributed by atoms with Gasteiger partial charge < -0.3 is 10.1 Å². The summed E-state index contributed by atoms with van der Waals surface area (Å²) in [5, 5.41) is 3.22. The first kappa shape index (κ1) is 23.6. The normalized spacial score (nSPS) is 11.1.